The van der Waals surface area contributed by atoms with Crippen molar-refractivity contribution in [2.24, 2.45) is 4.99 Å². The molecule has 0 bridgehead atoms. The first kappa shape index (κ1) is 22.9. The number of methoxy groups -OCH3 is 1. The largest absolute Gasteiger partial charge is 0.497 e. The molecule has 0 atom stereocenters. The molecule has 0 unspecified atom stereocenters. The van der Waals surface area contributed by atoms with Crippen molar-refractivity contribution in [2.45, 2.75) is 26.6 Å². The van der Waals surface area contributed by atoms with Crippen molar-refractivity contribution < 1.29 is 18.3 Å². The third-order valence-corrected chi connectivity index (χ3v) is 3.74. The zero-order chi connectivity index (χ0) is 18.9. The van der Waals surface area contributed by atoms with Crippen LogP contribution in [0.15, 0.2) is 47.5 Å². The van der Waals surface area contributed by atoms with E-state index >= 15 is 0 Å². The van der Waals surface area contributed by atoms with Crippen molar-refractivity contribution in [1.82, 2.24) is 10.6 Å². The molecule has 148 valence electrons. The van der Waals surface area contributed by atoms with E-state index in [-0.39, 0.29) is 36.3 Å². The molecule has 0 saturated carbocycles. The standard InChI is InChI=1S/C19H23F2N3O2.HI/c1-13-4-6-14(7-5-13)11-23-19(22-2)24-12-15-8-9-16(25-3)10-17(15)26-18(20)21;/h4-10,18H,11-12H2,1-3H3,(H2,22,23,24);1H. The highest BCUT2D eigenvalue weighted by atomic mass is 127. The Morgan fingerprint density at radius 2 is 1.74 bits per heavy atom. The number of guanidine groups is 1. The van der Waals surface area contributed by atoms with Gasteiger partial charge in [0.2, 0.25) is 0 Å². The Balaban J connectivity index is 0.00000364. The summed E-state index contributed by atoms with van der Waals surface area (Å²) in [7, 11) is 3.12. The first-order valence-corrected chi connectivity index (χ1v) is 8.13. The number of hydrogen-bond acceptors (Lipinski definition) is 3. The van der Waals surface area contributed by atoms with Gasteiger partial charge in [0.05, 0.1) is 7.11 Å². The molecule has 2 rings (SSSR count). The van der Waals surface area contributed by atoms with Gasteiger partial charge >= 0.3 is 6.61 Å². The number of hydrogen-bond donors (Lipinski definition) is 2. The predicted molar refractivity (Wildman–Crippen MR) is 113 cm³/mol. The minimum absolute atomic E-state index is 0. The second-order valence-corrected chi connectivity index (χ2v) is 5.62. The third kappa shape index (κ3) is 7.58. The Bertz CT molecular complexity index is 740. The van der Waals surface area contributed by atoms with E-state index < -0.39 is 6.61 Å². The maximum absolute atomic E-state index is 12.6. The monoisotopic (exact) mass is 491 g/mol. The van der Waals surface area contributed by atoms with Crippen LogP contribution in [0.1, 0.15) is 16.7 Å². The predicted octanol–water partition coefficient (Wildman–Crippen LogP) is 4.09. The number of halogens is 3. The Labute approximate surface area is 175 Å². The van der Waals surface area contributed by atoms with E-state index in [4.69, 9.17) is 4.74 Å². The molecule has 0 aromatic heterocycles. The molecule has 2 aromatic carbocycles. The summed E-state index contributed by atoms with van der Waals surface area (Å²) in [5.74, 6) is 1.08. The summed E-state index contributed by atoms with van der Waals surface area (Å²) in [5.41, 5.74) is 2.89. The molecule has 8 heteroatoms. The van der Waals surface area contributed by atoms with E-state index in [1.807, 2.05) is 31.2 Å². The number of aryl methyl sites for hydroxylation is 1. The van der Waals surface area contributed by atoms with Gasteiger partial charge in [-0.3, -0.25) is 4.99 Å². The second-order valence-electron chi connectivity index (χ2n) is 5.62. The SMILES string of the molecule is CN=C(NCc1ccc(C)cc1)NCc1ccc(OC)cc1OC(F)F.I. The lowest BCUT2D eigenvalue weighted by Crippen LogP contribution is -2.36. The van der Waals surface area contributed by atoms with Gasteiger partial charge in [0, 0.05) is 31.8 Å². The number of rotatable bonds is 7. The van der Waals surface area contributed by atoms with Crippen molar-refractivity contribution in [2.75, 3.05) is 14.2 Å². The van der Waals surface area contributed by atoms with Crippen molar-refractivity contribution in [3.05, 3.63) is 59.2 Å². The molecule has 2 N–H and O–H groups in total. The van der Waals surface area contributed by atoms with Gasteiger partial charge in [0.25, 0.3) is 0 Å². The fraction of sp³-hybridized carbons (Fsp3) is 0.316. The Hall–Kier alpha value is -2.10. The zero-order valence-electron chi connectivity index (χ0n) is 15.5. The Morgan fingerprint density at radius 1 is 1.07 bits per heavy atom. The summed E-state index contributed by atoms with van der Waals surface area (Å²) >= 11 is 0. The molecule has 0 spiro atoms. The van der Waals surface area contributed by atoms with E-state index in [1.54, 1.807) is 19.2 Å². The van der Waals surface area contributed by atoms with Gasteiger partial charge in [-0.15, -0.1) is 24.0 Å². The first-order chi connectivity index (χ1) is 12.5. The van der Waals surface area contributed by atoms with E-state index in [0.29, 0.717) is 23.8 Å². The molecule has 0 fully saturated rings. The minimum atomic E-state index is -2.90. The molecule has 0 aliphatic rings. The maximum atomic E-state index is 12.6. The average molecular weight is 491 g/mol. The van der Waals surface area contributed by atoms with E-state index in [0.717, 1.165) is 5.56 Å². The number of benzene rings is 2. The fourth-order valence-electron chi connectivity index (χ4n) is 2.30. The summed E-state index contributed by atoms with van der Waals surface area (Å²) in [5, 5.41) is 6.28. The highest BCUT2D eigenvalue weighted by Crippen LogP contribution is 2.26. The van der Waals surface area contributed by atoms with E-state index in [2.05, 4.69) is 20.4 Å². The summed E-state index contributed by atoms with van der Waals surface area (Å²) in [6, 6.07) is 13.0. The number of aliphatic imine (C=N–C) groups is 1. The zero-order valence-corrected chi connectivity index (χ0v) is 17.8. The maximum Gasteiger partial charge on any atom is 0.387 e. The third-order valence-electron chi connectivity index (χ3n) is 3.74. The number of alkyl halides is 2. The van der Waals surface area contributed by atoms with Gasteiger partial charge in [-0.1, -0.05) is 29.8 Å². The van der Waals surface area contributed by atoms with Crippen LogP contribution < -0.4 is 20.1 Å². The smallest absolute Gasteiger partial charge is 0.387 e. The van der Waals surface area contributed by atoms with Crippen LogP contribution in [0.2, 0.25) is 0 Å². The molecule has 0 amide bonds. The van der Waals surface area contributed by atoms with Gasteiger partial charge in [-0.25, -0.2) is 0 Å². The number of nitrogens with zero attached hydrogens (tertiary/aromatic N) is 1. The molecule has 5 nitrogen and oxygen atoms in total. The van der Waals surface area contributed by atoms with E-state index in [9.17, 15) is 8.78 Å². The van der Waals surface area contributed by atoms with Crippen molar-refractivity contribution in [1.29, 1.82) is 0 Å². The first-order valence-electron chi connectivity index (χ1n) is 8.13. The molecule has 0 aliphatic carbocycles. The van der Waals surface area contributed by atoms with Crippen molar-refractivity contribution in [3.8, 4) is 11.5 Å². The molecule has 2 aromatic rings. The van der Waals surface area contributed by atoms with Crippen LogP contribution in [-0.4, -0.2) is 26.7 Å². The Kier molecular flexibility index (Phi) is 9.84. The van der Waals surface area contributed by atoms with Crippen LogP contribution >= 0.6 is 24.0 Å². The molecule has 0 saturated heterocycles. The lowest BCUT2D eigenvalue weighted by Gasteiger charge is -2.15. The summed E-state index contributed by atoms with van der Waals surface area (Å²) < 4.78 is 34.9. The number of ether oxygens (including phenoxy) is 2. The van der Waals surface area contributed by atoms with Gasteiger partial charge < -0.3 is 20.1 Å². The minimum Gasteiger partial charge on any atom is -0.497 e. The van der Waals surface area contributed by atoms with Crippen LogP contribution in [0, 0.1) is 6.92 Å². The molecule has 0 heterocycles. The Morgan fingerprint density at radius 3 is 2.33 bits per heavy atom. The van der Waals surface area contributed by atoms with Crippen molar-refractivity contribution in [3.63, 3.8) is 0 Å². The van der Waals surface area contributed by atoms with Crippen LogP contribution in [-0.2, 0) is 13.1 Å². The average Bonchev–Trinajstić information content (AvgIpc) is 2.63. The molecule has 0 aliphatic heterocycles. The van der Waals surface area contributed by atoms with Gasteiger partial charge in [-0.05, 0) is 24.6 Å². The highest BCUT2D eigenvalue weighted by Gasteiger charge is 2.11. The van der Waals surface area contributed by atoms with Crippen LogP contribution in [0.3, 0.4) is 0 Å². The fourth-order valence-corrected chi connectivity index (χ4v) is 2.30. The van der Waals surface area contributed by atoms with Crippen molar-refractivity contribution >= 4 is 29.9 Å². The molecule has 0 radical (unpaired) electrons. The summed E-state index contributed by atoms with van der Waals surface area (Å²) in [6.07, 6.45) is 0. The quantitative estimate of drug-likeness (QED) is 0.348. The second kappa shape index (κ2) is 11.6. The molecule has 27 heavy (non-hydrogen) atoms. The number of nitrogens with one attached hydrogen (secondary N) is 2. The molecular formula is C19H24F2IN3O2. The molecular weight excluding hydrogens is 467 g/mol. The lowest BCUT2D eigenvalue weighted by molar-refractivity contribution is -0.0505. The van der Waals surface area contributed by atoms with Crippen LogP contribution in [0.4, 0.5) is 8.78 Å². The highest BCUT2D eigenvalue weighted by molar-refractivity contribution is 14.0. The van der Waals surface area contributed by atoms with Crippen LogP contribution in [0.5, 0.6) is 11.5 Å². The topological polar surface area (TPSA) is 54.9 Å². The summed E-state index contributed by atoms with van der Waals surface area (Å²) in [6.45, 7) is 0.00796. The van der Waals surface area contributed by atoms with Gasteiger partial charge in [-0.2, -0.15) is 8.78 Å². The lowest BCUT2D eigenvalue weighted by atomic mass is 10.1. The van der Waals surface area contributed by atoms with Crippen LogP contribution in [0.25, 0.3) is 0 Å². The van der Waals surface area contributed by atoms with E-state index in [1.165, 1.54) is 18.7 Å². The normalized spacial score (nSPS) is 11.0. The van der Waals surface area contributed by atoms with Gasteiger partial charge in [0.15, 0.2) is 5.96 Å². The van der Waals surface area contributed by atoms with Gasteiger partial charge in [0.1, 0.15) is 11.5 Å². The summed E-state index contributed by atoms with van der Waals surface area (Å²) in [4.78, 5) is 4.14.